The SMILES string of the molecule is CCCn1cc(CSCC)nn1. The lowest BCUT2D eigenvalue weighted by Gasteiger charge is -1.93. The molecule has 0 atom stereocenters. The van der Waals surface area contributed by atoms with Crippen LogP contribution in [0.15, 0.2) is 6.20 Å². The van der Waals surface area contributed by atoms with Gasteiger partial charge in [-0.15, -0.1) is 5.10 Å². The molecule has 0 bridgehead atoms. The van der Waals surface area contributed by atoms with Crippen molar-refractivity contribution >= 4 is 11.8 Å². The Morgan fingerprint density at radius 2 is 2.33 bits per heavy atom. The first-order valence-corrected chi connectivity index (χ1v) is 5.49. The van der Waals surface area contributed by atoms with E-state index in [4.69, 9.17) is 0 Å². The molecule has 12 heavy (non-hydrogen) atoms. The van der Waals surface area contributed by atoms with E-state index in [1.165, 1.54) is 0 Å². The van der Waals surface area contributed by atoms with Crippen LogP contribution in [0.4, 0.5) is 0 Å². The van der Waals surface area contributed by atoms with Crippen LogP contribution in [0.25, 0.3) is 0 Å². The third kappa shape index (κ3) is 2.85. The van der Waals surface area contributed by atoms with Crippen molar-refractivity contribution in [1.82, 2.24) is 15.0 Å². The molecule has 68 valence electrons. The first-order valence-electron chi connectivity index (χ1n) is 4.33. The summed E-state index contributed by atoms with van der Waals surface area (Å²) in [5, 5.41) is 8.08. The molecule has 0 aliphatic carbocycles. The molecule has 0 saturated carbocycles. The Hall–Kier alpha value is -0.510. The van der Waals surface area contributed by atoms with Crippen molar-refractivity contribution in [2.75, 3.05) is 5.75 Å². The highest BCUT2D eigenvalue weighted by Crippen LogP contribution is 2.07. The minimum atomic E-state index is 0.976. The van der Waals surface area contributed by atoms with E-state index in [-0.39, 0.29) is 0 Å². The zero-order chi connectivity index (χ0) is 8.81. The third-order valence-electron chi connectivity index (χ3n) is 1.49. The second kappa shape index (κ2) is 5.19. The molecular formula is C8H15N3S. The van der Waals surface area contributed by atoms with Crippen molar-refractivity contribution in [2.24, 2.45) is 0 Å². The van der Waals surface area contributed by atoms with Crippen LogP contribution in [0, 0.1) is 0 Å². The fraction of sp³-hybridized carbons (Fsp3) is 0.750. The lowest BCUT2D eigenvalue weighted by Crippen LogP contribution is -1.96. The van der Waals surface area contributed by atoms with Crippen LogP contribution in [-0.4, -0.2) is 20.7 Å². The molecule has 4 heteroatoms. The summed E-state index contributed by atoms with van der Waals surface area (Å²) in [5.41, 5.74) is 1.09. The van der Waals surface area contributed by atoms with Gasteiger partial charge in [-0.25, -0.2) is 0 Å². The molecule has 0 aliphatic heterocycles. The van der Waals surface area contributed by atoms with E-state index < -0.39 is 0 Å². The van der Waals surface area contributed by atoms with Gasteiger partial charge in [0, 0.05) is 18.5 Å². The van der Waals surface area contributed by atoms with Crippen LogP contribution in [0.5, 0.6) is 0 Å². The Morgan fingerprint density at radius 3 is 3.00 bits per heavy atom. The molecule has 0 fully saturated rings. The Balaban J connectivity index is 2.41. The maximum absolute atomic E-state index is 4.06. The van der Waals surface area contributed by atoms with Crippen molar-refractivity contribution in [3.05, 3.63) is 11.9 Å². The predicted molar refractivity (Wildman–Crippen MR) is 52.1 cm³/mol. The van der Waals surface area contributed by atoms with E-state index in [1.54, 1.807) is 0 Å². The lowest BCUT2D eigenvalue weighted by atomic mass is 10.5. The van der Waals surface area contributed by atoms with Gasteiger partial charge in [-0.1, -0.05) is 19.1 Å². The number of aromatic nitrogens is 3. The summed E-state index contributed by atoms with van der Waals surface area (Å²) < 4.78 is 1.91. The molecule has 1 heterocycles. The van der Waals surface area contributed by atoms with Gasteiger partial charge in [0.05, 0.1) is 5.69 Å². The highest BCUT2D eigenvalue weighted by Gasteiger charge is 1.98. The zero-order valence-corrected chi connectivity index (χ0v) is 8.47. The molecule has 3 nitrogen and oxygen atoms in total. The maximum Gasteiger partial charge on any atom is 0.0925 e. The number of hydrogen-bond acceptors (Lipinski definition) is 3. The van der Waals surface area contributed by atoms with Gasteiger partial charge < -0.3 is 0 Å². The second-order valence-corrected chi connectivity index (χ2v) is 3.88. The topological polar surface area (TPSA) is 30.7 Å². The smallest absolute Gasteiger partial charge is 0.0925 e. The fourth-order valence-corrected chi connectivity index (χ4v) is 1.50. The molecule has 0 aromatic carbocycles. The summed E-state index contributed by atoms with van der Waals surface area (Å²) in [6, 6.07) is 0. The minimum Gasteiger partial charge on any atom is -0.252 e. The van der Waals surface area contributed by atoms with E-state index >= 15 is 0 Å². The standard InChI is InChI=1S/C8H15N3S/c1-3-5-11-6-8(9-10-11)7-12-4-2/h6H,3-5,7H2,1-2H3. The fourth-order valence-electron chi connectivity index (χ4n) is 0.950. The van der Waals surface area contributed by atoms with E-state index in [0.29, 0.717) is 0 Å². The average molecular weight is 185 g/mol. The van der Waals surface area contributed by atoms with Crippen LogP contribution < -0.4 is 0 Å². The van der Waals surface area contributed by atoms with E-state index in [2.05, 4.69) is 24.2 Å². The normalized spacial score (nSPS) is 10.5. The van der Waals surface area contributed by atoms with Gasteiger partial charge in [0.25, 0.3) is 0 Å². The number of rotatable bonds is 5. The molecule has 0 N–H and O–H groups in total. The molecule has 1 aromatic heterocycles. The number of hydrogen-bond donors (Lipinski definition) is 0. The zero-order valence-electron chi connectivity index (χ0n) is 7.66. The summed E-state index contributed by atoms with van der Waals surface area (Å²) in [5.74, 6) is 2.13. The summed E-state index contributed by atoms with van der Waals surface area (Å²) in [6.07, 6.45) is 3.15. The highest BCUT2D eigenvalue weighted by molar-refractivity contribution is 7.98. The second-order valence-electron chi connectivity index (χ2n) is 2.61. The van der Waals surface area contributed by atoms with E-state index in [0.717, 1.165) is 30.2 Å². The molecule has 1 aromatic rings. The highest BCUT2D eigenvalue weighted by atomic mass is 32.2. The largest absolute Gasteiger partial charge is 0.252 e. The van der Waals surface area contributed by atoms with Crippen molar-refractivity contribution in [1.29, 1.82) is 0 Å². The molecule has 0 spiro atoms. The van der Waals surface area contributed by atoms with Crippen LogP contribution in [0.2, 0.25) is 0 Å². The number of thioether (sulfide) groups is 1. The molecule has 0 radical (unpaired) electrons. The Kier molecular flexibility index (Phi) is 4.14. The van der Waals surface area contributed by atoms with Gasteiger partial charge in [-0.2, -0.15) is 11.8 Å². The molecule has 1 rings (SSSR count). The first kappa shape index (κ1) is 9.58. The van der Waals surface area contributed by atoms with E-state index in [1.807, 2.05) is 22.6 Å². The quantitative estimate of drug-likeness (QED) is 0.702. The van der Waals surface area contributed by atoms with Gasteiger partial charge >= 0.3 is 0 Å². The van der Waals surface area contributed by atoms with Crippen molar-refractivity contribution in [3.63, 3.8) is 0 Å². The Morgan fingerprint density at radius 1 is 1.50 bits per heavy atom. The molecule has 0 amide bonds. The summed E-state index contributed by atoms with van der Waals surface area (Å²) in [4.78, 5) is 0. The maximum atomic E-state index is 4.06. The monoisotopic (exact) mass is 185 g/mol. The molecular weight excluding hydrogens is 170 g/mol. The third-order valence-corrected chi connectivity index (χ3v) is 2.40. The van der Waals surface area contributed by atoms with Crippen molar-refractivity contribution in [2.45, 2.75) is 32.6 Å². The van der Waals surface area contributed by atoms with Crippen LogP contribution in [0.1, 0.15) is 26.0 Å². The molecule has 0 aliphatic rings. The van der Waals surface area contributed by atoms with Crippen LogP contribution in [-0.2, 0) is 12.3 Å². The summed E-state index contributed by atoms with van der Waals surface area (Å²) in [6.45, 7) is 5.27. The van der Waals surface area contributed by atoms with Crippen LogP contribution in [0.3, 0.4) is 0 Å². The first-order chi connectivity index (χ1) is 5.86. The average Bonchev–Trinajstić information content (AvgIpc) is 2.50. The van der Waals surface area contributed by atoms with Gasteiger partial charge in [-0.05, 0) is 12.2 Å². The Labute approximate surface area is 77.5 Å². The van der Waals surface area contributed by atoms with Gasteiger partial charge in [0.15, 0.2) is 0 Å². The van der Waals surface area contributed by atoms with Crippen molar-refractivity contribution < 1.29 is 0 Å². The summed E-state index contributed by atoms with van der Waals surface area (Å²) >= 11 is 1.88. The van der Waals surface area contributed by atoms with Crippen LogP contribution >= 0.6 is 11.8 Å². The lowest BCUT2D eigenvalue weighted by molar-refractivity contribution is 0.579. The molecule has 0 saturated heterocycles. The van der Waals surface area contributed by atoms with Gasteiger partial charge in [-0.3, -0.25) is 4.68 Å². The molecule has 0 unspecified atom stereocenters. The van der Waals surface area contributed by atoms with E-state index in [9.17, 15) is 0 Å². The van der Waals surface area contributed by atoms with Gasteiger partial charge in [0.1, 0.15) is 0 Å². The predicted octanol–water partition coefficient (Wildman–Crippen LogP) is 1.94. The number of nitrogens with zero attached hydrogens (tertiary/aromatic N) is 3. The summed E-state index contributed by atoms with van der Waals surface area (Å²) in [7, 11) is 0. The number of aryl methyl sites for hydroxylation is 1. The minimum absolute atomic E-state index is 0.976. The Bertz CT molecular complexity index is 222. The van der Waals surface area contributed by atoms with Gasteiger partial charge in [0.2, 0.25) is 0 Å². The van der Waals surface area contributed by atoms with Crippen molar-refractivity contribution in [3.8, 4) is 0 Å².